The zero-order valence-electron chi connectivity index (χ0n) is 16.5. The molecule has 5 heteroatoms. The lowest BCUT2D eigenvalue weighted by atomic mass is 9.45. The van der Waals surface area contributed by atoms with Crippen LogP contribution in [0.4, 0.5) is 4.39 Å². The van der Waals surface area contributed by atoms with E-state index < -0.39 is 28.2 Å². The molecule has 0 amide bonds. The lowest BCUT2D eigenvalue weighted by Crippen LogP contribution is -2.63. The fourth-order valence-corrected chi connectivity index (χ4v) is 8.09. The Balaban J connectivity index is 1.63. The molecule has 5 aliphatic rings. The minimum absolute atomic E-state index is 0.0123. The molecule has 1 spiro atoms. The van der Waals surface area contributed by atoms with Crippen LogP contribution >= 0.6 is 0 Å². The molecule has 4 fully saturated rings. The molecule has 1 saturated heterocycles. The number of aliphatic hydroxyl groups is 1. The first-order valence-corrected chi connectivity index (χ1v) is 10.3. The third kappa shape index (κ3) is 1.73. The van der Waals surface area contributed by atoms with Crippen molar-refractivity contribution in [2.45, 2.75) is 83.3 Å². The number of hydrogen-bond donors (Lipinski definition) is 1. The maximum Gasteiger partial charge on any atom is 0.162 e. The van der Waals surface area contributed by atoms with Gasteiger partial charge >= 0.3 is 0 Å². The van der Waals surface area contributed by atoms with Gasteiger partial charge in [0, 0.05) is 17.3 Å². The molecule has 0 bridgehead atoms. The molecule has 0 aromatic heterocycles. The van der Waals surface area contributed by atoms with Crippen molar-refractivity contribution in [3.05, 3.63) is 11.6 Å². The zero-order chi connectivity index (χ0) is 19.6. The first-order chi connectivity index (χ1) is 12.5. The number of carbonyl (C=O) groups excluding carboxylic acids is 2. The van der Waals surface area contributed by atoms with E-state index in [2.05, 4.69) is 6.92 Å². The molecule has 27 heavy (non-hydrogen) atoms. The van der Waals surface area contributed by atoms with Crippen molar-refractivity contribution in [2.75, 3.05) is 0 Å². The average molecular weight is 376 g/mol. The van der Waals surface area contributed by atoms with Gasteiger partial charge in [-0.25, -0.2) is 4.39 Å². The van der Waals surface area contributed by atoms with Crippen molar-refractivity contribution >= 4 is 11.6 Å². The van der Waals surface area contributed by atoms with Crippen LogP contribution in [0.2, 0.25) is 0 Å². The zero-order valence-corrected chi connectivity index (χ0v) is 16.5. The highest BCUT2D eigenvalue weighted by atomic mass is 19.1. The van der Waals surface area contributed by atoms with Gasteiger partial charge in [-0.15, -0.1) is 0 Å². The quantitative estimate of drug-likeness (QED) is 0.714. The van der Waals surface area contributed by atoms with Gasteiger partial charge in [-0.3, -0.25) is 9.59 Å². The summed E-state index contributed by atoms with van der Waals surface area (Å²) < 4.78 is 21.7. The average Bonchev–Trinajstić information content (AvgIpc) is 3.27. The van der Waals surface area contributed by atoms with Crippen LogP contribution in [0.3, 0.4) is 0 Å². The third-order valence-corrected chi connectivity index (χ3v) is 9.44. The van der Waals surface area contributed by atoms with Gasteiger partial charge in [0.2, 0.25) is 0 Å². The normalized spacial score (nSPS) is 58.5. The fourth-order valence-electron chi connectivity index (χ4n) is 8.09. The summed E-state index contributed by atoms with van der Waals surface area (Å²) >= 11 is 0. The summed E-state index contributed by atoms with van der Waals surface area (Å²) in [6.45, 7) is 7.52. The number of hydrogen-bond acceptors (Lipinski definition) is 4. The number of rotatable bonds is 1. The molecular weight excluding hydrogens is 347 g/mol. The van der Waals surface area contributed by atoms with Crippen molar-refractivity contribution in [3.63, 3.8) is 0 Å². The monoisotopic (exact) mass is 376 g/mol. The van der Waals surface area contributed by atoms with Gasteiger partial charge in [-0.2, -0.15) is 0 Å². The van der Waals surface area contributed by atoms with Crippen molar-refractivity contribution in [1.82, 2.24) is 0 Å². The van der Waals surface area contributed by atoms with Gasteiger partial charge in [-0.1, -0.05) is 20.8 Å². The van der Waals surface area contributed by atoms with E-state index in [4.69, 9.17) is 4.74 Å². The Kier molecular flexibility index (Phi) is 3.27. The van der Waals surface area contributed by atoms with E-state index in [9.17, 15) is 14.7 Å². The Hall–Kier alpha value is -1.07. The molecule has 1 N–H and O–H groups in total. The third-order valence-electron chi connectivity index (χ3n) is 9.44. The van der Waals surface area contributed by atoms with Crippen LogP contribution < -0.4 is 0 Å². The minimum atomic E-state index is -1.37. The SMILES string of the molecule is CC(=O)[C@@]1(O)[C@H](C)CC2C3C[C@H](F)C4=CC(=O)CC[C@]4(C)[C@@]34O[C@H]4C[C@@]21C. The predicted octanol–water partition coefficient (Wildman–Crippen LogP) is 3.16. The molecule has 4 nitrogen and oxygen atoms in total. The van der Waals surface area contributed by atoms with Gasteiger partial charge in [-0.05, 0) is 62.0 Å². The second-order valence-electron chi connectivity index (χ2n) is 10.3. The molecular formula is C22H29FO4. The summed E-state index contributed by atoms with van der Waals surface area (Å²) in [5, 5.41) is 11.5. The smallest absolute Gasteiger partial charge is 0.162 e. The second-order valence-corrected chi connectivity index (χ2v) is 10.3. The molecule has 0 aromatic rings. The number of Topliss-reactive ketones (excluding diaryl/α,β-unsaturated/α-hetero) is 1. The summed E-state index contributed by atoms with van der Waals surface area (Å²) in [7, 11) is 0. The molecule has 0 aromatic carbocycles. The lowest BCUT2D eigenvalue weighted by Gasteiger charge is -2.57. The van der Waals surface area contributed by atoms with Gasteiger partial charge in [0.25, 0.3) is 0 Å². The molecule has 1 aliphatic heterocycles. The molecule has 1 heterocycles. The van der Waals surface area contributed by atoms with Crippen LogP contribution in [0, 0.1) is 28.6 Å². The molecule has 9 atom stereocenters. The van der Waals surface area contributed by atoms with Gasteiger partial charge in [0.1, 0.15) is 17.4 Å². The predicted molar refractivity (Wildman–Crippen MR) is 96.7 cm³/mol. The lowest BCUT2D eigenvalue weighted by molar-refractivity contribution is -0.162. The number of ether oxygens (including phenoxy) is 1. The van der Waals surface area contributed by atoms with Crippen LogP contribution in [0.1, 0.15) is 59.8 Å². The highest BCUT2D eigenvalue weighted by Gasteiger charge is 2.82. The topological polar surface area (TPSA) is 66.9 Å². The van der Waals surface area contributed by atoms with Gasteiger partial charge in [0.05, 0.1) is 6.10 Å². The van der Waals surface area contributed by atoms with Crippen LogP contribution in [-0.2, 0) is 14.3 Å². The Morgan fingerprint density at radius 2 is 2.00 bits per heavy atom. The number of alkyl halides is 1. The van der Waals surface area contributed by atoms with Crippen molar-refractivity contribution in [1.29, 1.82) is 0 Å². The maximum atomic E-state index is 15.3. The molecule has 2 unspecified atom stereocenters. The standard InChI is InChI=1S/C22H29FO4/c1-11-7-14-15-9-17(23)16-8-13(25)5-6-19(16,3)22(15)18(27-22)10-20(14,4)21(11,26)12(2)24/h8,11,14-15,17-18,26H,5-7,9-10H2,1-4H3/t11-,14?,15?,17+,18+,19+,20+,21+,22-/m1/s1. The summed E-state index contributed by atoms with van der Waals surface area (Å²) in [6, 6.07) is 0. The van der Waals surface area contributed by atoms with E-state index >= 15 is 4.39 Å². The van der Waals surface area contributed by atoms with Crippen LogP contribution in [-0.4, -0.2) is 40.2 Å². The number of fused-ring (bicyclic) bond motifs is 3. The van der Waals surface area contributed by atoms with E-state index in [0.717, 1.165) is 6.42 Å². The summed E-state index contributed by atoms with van der Waals surface area (Å²) in [5.74, 6) is -0.291. The minimum Gasteiger partial charge on any atom is -0.381 e. The Morgan fingerprint density at radius 1 is 1.30 bits per heavy atom. The van der Waals surface area contributed by atoms with Crippen molar-refractivity contribution < 1.29 is 23.8 Å². The fraction of sp³-hybridized carbons (Fsp3) is 0.818. The molecule has 3 saturated carbocycles. The van der Waals surface area contributed by atoms with Crippen LogP contribution in [0.5, 0.6) is 0 Å². The Labute approximate surface area is 159 Å². The van der Waals surface area contributed by atoms with Crippen LogP contribution in [0.25, 0.3) is 0 Å². The van der Waals surface area contributed by atoms with Crippen molar-refractivity contribution in [2.24, 2.45) is 28.6 Å². The van der Waals surface area contributed by atoms with Crippen molar-refractivity contribution in [3.8, 4) is 0 Å². The van der Waals surface area contributed by atoms with E-state index in [1.54, 1.807) is 0 Å². The van der Waals surface area contributed by atoms with Gasteiger partial charge in [0.15, 0.2) is 11.6 Å². The van der Waals surface area contributed by atoms with E-state index in [1.165, 1.54) is 13.0 Å². The molecule has 4 aliphatic carbocycles. The number of ketones is 2. The number of carbonyl (C=O) groups is 2. The van der Waals surface area contributed by atoms with E-state index in [0.29, 0.717) is 31.3 Å². The molecule has 0 radical (unpaired) electrons. The molecule has 148 valence electrons. The maximum absolute atomic E-state index is 15.3. The summed E-state index contributed by atoms with van der Waals surface area (Å²) in [4.78, 5) is 24.5. The second kappa shape index (κ2) is 4.91. The summed E-state index contributed by atoms with van der Waals surface area (Å²) in [6.07, 6.45) is 3.05. The molecule has 5 rings (SSSR count). The summed E-state index contributed by atoms with van der Waals surface area (Å²) in [5.41, 5.74) is -2.24. The Morgan fingerprint density at radius 3 is 2.67 bits per heavy atom. The van der Waals surface area contributed by atoms with E-state index in [-0.39, 0.29) is 35.4 Å². The highest BCUT2D eigenvalue weighted by molar-refractivity contribution is 5.92. The number of epoxide rings is 1. The van der Waals surface area contributed by atoms with E-state index in [1.807, 2.05) is 13.8 Å². The highest BCUT2D eigenvalue weighted by Crippen LogP contribution is 2.77. The van der Waals surface area contributed by atoms with Gasteiger partial charge < -0.3 is 9.84 Å². The first-order valence-electron chi connectivity index (χ1n) is 10.3. The first kappa shape index (κ1) is 18.0. The van der Waals surface area contributed by atoms with Crippen LogP contribution in [0.15, 0.2) is 11.6 Å². The Bertz CT molecular complexity index is 791. The number of halogens is 1. The largest absolute Gasteiger partial charge is 0.381 e.